The van der Waals surface area contributed by atoms with E-state index < -0.39 is 0 Å². The van der Waals surface area contributed by atoms with Gasteiger partial charge in [0.1, 0.15) is 18.1 Å². The summed E-state index contributed by atoms with van der Waals surface area (Å²) >= 11 is 0. The van der Waals surface area contributed by atoms with Crippen LogP contribution in [0.4, 0.5) is 0 Å². The Kier molecular flexibility index (Phi) is 4.85. The second kappa shape index (κ2) is 7.42. The van der Waals surface area contributed by atoms with Crippen molar-refractivity contribution in [1.82, 2.24) is 10.2 Å². The second-order valence-electron chi connectivity index (χ2n) is 7.05. The molecule has 1 saturated heterocycles. The third kappa shape index (κ3) is 3.42. The normalized spacial score (nSPS) is 19.6. The van der Waals surface area contributed by atoms with Gasteiger partial charge in [-0.1, -0.05) is 30.3 Å². The highest BCUT2D eigenvalue weighted by Crippen LogP contribution is 2.35. The van der Waals surface area contributed by atoms with Crippen molar-refractivity contribution in [2.75, 3.05) is 26.2 Å². The maximum atomic E-state index is 6.04. The van der Waals surface area contributed by atoms with Crippen LogP contribution in [0, 0.1) is 0 Å². The van der Waals surface area contributed by atoms with Gasteiger partial charge in [0.05, 0.1) is 12.1 Å². The first-order valence-electron chi connectivity index (χ1n) is 9.38. The zero-order chi connectivity index (χ0) is 17.9. The third-order valence-corrected chi connectivity index (χ3v) is 4.85. The molecule has 0 aliphatic carbocycles. The molecule has 1 atom stereocenters. The number of para-hydroxylation sites is 2. The van der Waals surface area contributed by atoms with E-state index in [-0.39, 0.29) is 12.1 Å². The largest absolute Gasteiger partial charge is 0.491 e. The minimum Gasteiger partial charge on any atom is -0.491 e. The molecule has 1 N–H and O–H groups in total. The van der Waals surface area contributed by atoms with Crippen molar-refractivity contribution in [3.05, 3.63) is 65.7 Å². The Hall–Kier alpha value is -2.46. The number of benzene rings is 2. The Morgan fingerprint density at radius 3 is 2.81 bits per heavy atom. The van der Waals surface area contributed by atoms with Gasteiger partial charge >= 0.3 is 0 Å². The van der Waals surface area contributed by atoms with Crippen LogP contribution in [0.1, 0.15) is 31.0 Å². The van der Waals surface area contributed by atoms with Crippen molar-refractivity contribution < 1.29 is 9.47 Å². The van der Waals surface area contributed by atoms with E-state index >= 15 is 0 Å². The van der Waals surface area contributed by atoms with Crippen molar-refractivity contribution in [1.29, 1.82) is 0 Å². The molecule has 4 rings (SSSR count). The van der Waals surface area contributed by atoms with Crippen LogP contribution in [0.5, 0.6) is 11.5 Å². The third-order valence-electron chi connectivity index (χ3n) is 4.85. The van der Waals surface area contributed by atoms with E-state index in [1.165, 1.54) is 16.8 Å². The fourth-order valence-corrected chi connectivity index (χ4v) is 3.73. The van der Waals surface area contributed by atoms with Crippen LogP contribution in [-0.2, 0) is 0 Å². The number of nitrogens with one attached hydrogen (secondary N) is 1. The number of fused-ring (bicyclic) bond motifs is 1. The van der Waals surface area contributed by atoms with Gasteiger partial charge in [-0.25, -0.2) is 0 Å². The average Bonchev–Trinajstić information content (AvgIpc) is 2.68. The van der Waals surface area contributed by atoms with E-state index in [1.54, 1.807) is 0 Å². The predicted octanol–water partition coefficient (Wildman–Crippen LogP) is 3.85. The van der Waals surface area contributed by atoms with Gasteiger partial charge in [-0.05, 0) is 38.1 Å². The molecule has 0 spiro atoms. The van der Waals surface area contributed by atoms with Gasteiger partial charge in [0.2, 0.25) is 0 Å². The van der Waals surface area contributed by atoms with Crippen molar-refractivity contribution >= 4 is 5.70 Å². The lowest BCUT2D eigenvalue weighted by Gasteiger charge is -2.38. The van der Waals surface area contributed by atoms with Gasteiger partial charge in [0.15, 0.2) is 0 Å². The maximum Gasteiger partial charge on any atom is 0.129 e. The summed E-state index contributed by atoms with van der Waals surface area (Å²) in [4.78, 5) is 2.47. The number of hydrogen-bond acceptors (Lipinski definition) is 4. The highest BCUT2D eigenvalue weighted by atomic mass is 16.5. The van der Waals surface area contributed by atoms with E-state index in [4.69, 9.17) is 9.47 Å². The topological polar surface area (TPSA) is 33.7 Å². The molecular weight excluding hydrogens is 324 g/mol. The van der Waals surface area contributed by atoms with Crippen molar-refractivity contribution in [3.63, 3.8) is 0 Å². The molecule has 0 bridgehead atoms. The summed E-state index contributed by atoms with van der Waals surface area (Å²) in [6, 6.07) is 16.9. The number of nitrogens with zero attached hydrogens (tertiary/aromatic N) is 1. The van der Waals surface area contributed by atoms with Crippen LogP contribution in [-0.4, -0.2) is 37.2 Å². The van der Waals surface area contributed by atoms with E-state index in [0.29, 0.717) is 6.61 Å². The highest BCUT2D eigenvalue weighted by Gasteiger charge is 2.27. The molecule has 0 radical (unpaired) electrons. The zero-order valence-electron chi connectivity index (χ0n) is 15.4. The minimum atomic E-state index is 0.168. The Morgan fingerprint density at radius 1 is 1.12 bits per heavy atom. The van der Waals surface area contributed by atoms with E-state index in [1.807, 2.05) is 18.2 Å². The molecule has 2 aromatic rings. The zero-order valence-corrected chi connectivity index (χ0v) is 15.4. The standard InChI is InChI=1S/C22H26N2O2/c1-16(2)26-22-10-6-3-7-17(22)19-15-24(13-12-23-19)20-11-14-25-21-9-5-4-8-18(20)21/h3-11,16,19,23H,12-15H2,1-2H3. The summed E-state index contributed by atoms with van der Waals surface area (Å²) in [5.74, 6) is 1.95. The van der Waals surface area contributed by atoms with Crippen LogP contribution in [0.3, 0.4) is 0 Å². The van der Waals surface area contributed by atoms with Gasteiger partial charge in [0.25, 0.3) is 0 Å². The Balaban J connectivity index is 1.59. The summed E-state index contributed by atoms with van der Waals surface area (Å²) in [6.45, 7) is 7.62. The molecule has 2 heterocycles. The minimum absolute atomic E-state index is 0.168. The smallest absolute Gasteiger partial charge is 0.129 e. The summed E-state index contributed by atoms with van der Waals surface area (Å²) < 4.78 is 11.8. The molecule has 2 aliphatic rings. The van der Waals surface area contributed by atoms with Crippen molar-refractivity contribution in [3.8, 4) is 11.5 Å². The molecule has 0 aromatic heterocycles. The SMILES string of the molecule is CC(C)Oc1ccccc1C1CN(C2=CCOc3ccccc32)CCN1. The summed E-state index contributed by atoms with van der Waals surface area (Å²) in [6.07, 6.45) is 2.36. The lowest BCUT2D eigenvalue weighted by molar-refractivity contribution is 0.228. The first kappa shape index (κ1) is 17.0. The fourth-order valence-electron chi connectivity index (χ4n) is 3.73. The number of rotatable bonds is 4. The van der Waals surface area contributed by atoms with Crippen LogP contribution in [0.15, 0.2) is 54.6 Å². The van der Waals surface area contributed by atoms with Gasteiger partial charge < -0.3 is 19.7 Å². The molecule has 0 amide bonds. The van der Waals surface area contributed by atoms with E-state index in [0.717, 1.165) is 31.1 Å². The highest BCUT2D eigenvalue weighted by molar-refractivity contribution is 5.71. The quantitative estimate of drug-likeness (QED) is 0.908. The second-order valence-corrected chi connectivity index (χ2v) is 7.05. The van der Waals surface area contributed by atoms with Crippen LogP contribution in [0.2, 0.25) is 0 Å². The lowest BCUT2D eigenvalue weighted by Crippen LogP contribution is -2.45. The van der Waals surface area contributed by atoms with E-state index in [9.17, 15) is 0 Å². The molecular formula is C22H26N2O2. The van der Waals surface area contributed by atoms with Crippen LogP contribution >= 0.6 is 0 Å². The lowest BCUT2D eigenvalue weighted by atomic mass is 10.0. The Bertz CT molecular complexity index is 800. The monoisotopic (exact) mass is 350 g/mol. The summed E-state index contributed by atoms with van der Waals surface area (Å²) in [5, 5.41) is 3.66. The molecule has 4 heteroatoms. The van der Waals surface area contributed by atoms with E-state index in [2.05, 4.69) is 60.5 Å². The fraction of sp³-hybridized carbons (Fsp3) is 0.364. The Labute approximate surface area is 155 Å². The molecule has 2 aliphatic heterocycles. The van der Waals surface area contributed by atoms with Gasteiger partial charge in [-0.3, -0.25) is 0 Å². The molecule has 26 heavy (non-hydrogen) atoms. The number of piperazine rings is 1. The molecule has 1 unspecified atom stereocenters. The predicted molar refractivity (Wildman–Crippen MR) is 104 cm³/mol. The molecule has 4 nitrogen and oxygen atoms in total. The van der Waals surface area contributed by atoms with Crippen LogP contribution < -0.4 is 14.8 Å². The van der Waals surface area contributed by atoms with Gasteiger partial charge in [-0.15, -0.1) is 0 Å². The van der Waals surface area contributed by atoms with Crippen molar-refractivity contribution in [2.24, 2.45) is 0 Å². The summed E-state index contributed by atoms with van der Waals surface area (Å²) in [7, 11) is 0. The molecule has 0 saturated carbocycles. The van der Waals surface area contributed by atoms with Gasteiger partial charge in [-0.2, -0.15) is 0 Å². The first-order valence-corrected chi connectivity index (χ1v) is 9.38. The molecule has 1 fully saturated rings. The van der Waals surface area contributed by atoms with Gasteiger partial charge in [0, 0.05) is 36.5 Å². The summed E-state index contributed by atoms with van der Waals surface area (Å²) in [5.41, 5.74) is 3.69. The number of ether oxygens (including phenoxy) is 2. The molecule has 136 valence electrons. The maximum absolute atomic E-state index is 6.04. The Morgan fingerprint density at radius 2 is 1.92 bits per heavy atom. The average molecular weight is 350 g/mol. The van der Waals surface area contributed by atoms with Crippen LogP contribution in [0.25, 0.3) is 5.70 Å². The van der Waals surface area contributed by atoms with Crippen molar-refractivity contribution in [2.45, 2.75) is 26.0 Å². The molecule has 2 aromatic carbocycles. The first-order chi connectivity index (χ1) is 12.7. The number of hydrogen-bond donors (Lipinski definition) is 1.